The summed E-state index contributed by atoms with van der Waals surface area (Å²) < 4.78 is 4.70. The van der Waals surface area contributed by atoms with Crippen LogP contribution < -0.4 is 5.32 Å². The number of carbonyl (C=O) groups is 1. The molecule has 0 saturated carbocycles. The number of halogens is 1. The van der Waals surface area contributed by atoms with Crippen LogP contribution in [0, 0.1) is 10.1 Å². The van der Waals surface area contributed by atoms with Gasteiger partial charge in [0.15, 0.2) is 10.5 Å². The van der Waals surface area contributed by atoms with Gasteiger partial charge < -0.3 is 9.73 Å². The first-order valence-electron chi connectivity index (χ1n) is 9.10. The molecule has 32 heavy (non-hydrogen) atoms. The standard InChI is InChI=1S/C19H18ClN5O5S2/c1-19(2)16(24(27)17(26)22-13-6-3-5-12(20)11-13)23(18(31)32-19)21-10-4-7-14-8-9-15(30-14)25(28)29/h3-11,16,27H,1-2H3,(H,22,26)/b7-4+,21-10+. The van der Waals surface area contributed by atoms with Crippen molar-refractivity contribution in [3.8, 4) is 0 Å². The lowest BCUT2D eigenvalue weighted by molar-refractivity contribution is -0.402. The average molecular weight is 496 g/mol. The Morgan fingerprint density at radius 1 is 1.47 bits per heavy atom. The monoisotopic (exact) mass is 495 g/mol. The van der Waals surface area contributed by atoms with Gasteiger partial charge in [-0.3, -0.25) is 15.3 Å². The van der Waals surface area contributed by atoms with Crippen molar-refractivity contribution in [2.24, 2.45) is 5.10 Å². The Bertz CT molecular complexity index is 1100. The van der Waals surface area contributed by atoms with E-state index in [0.29, 0.717) is 20.1 Å². The molecule has 1 saturated heterocycles. The van der Waals surface area contributed by atoms with Crippen molar-refractivity contribution in [3.63, 3.8) is 0 Å². The van der Waals surface area contributed by atoms with Gasteiger partial charge in [-0.2, -0.15) is 10.2 Å². The van der Waals surface area contributed by atoms with Crippen LogP contribution in [0.15, 0.2) is 52.0 Å². The summed E-state index contributed by atoms with van der Waals surface area (Å²) in [4.78, 5) is 22.7. The van der Waals surface area contributed by atoms with Gasteiger partial charge in [0.25, 0.3) is 0 Å². The van der Waals surface area contributed by atoms with Crippen LogP contribution in [0.2, 0.25) is 5.02 Å². The number of nitrogens with one attached hydrogen (secondary N) is 1. The summed E-state index contributed by atoms with van der Waals surface area (Å²) in [7, 11) is 0. The molecule has 1 aliphatic heterocycles. The topological polar surface area (TPSA) is 124 Å². The summed E-state index contributed by atoms with van der Waals surface area (Å²) in [5.74, 6) is -0.106. The highest BCUT2D eigenvalue weighted by atomic mass is 35.5. The molecule has 2 heterocycles. The molecular formula is C19H18ClN5O5S2. The SMILES string of the molecule is CC1(C)SC(=S)N(/N=C/C=C/c2ccc([N+](=O)[O-])o2)C1N(O)C(=O)Nc1cccc(Cl)c1. The maximum atomic E-state index is 12.6. The smallest absolute Gasteiger partial charge is 0.401 e. The number of hydrazone groups is 1. The normalized spacial score (nSPS) is 17.9. The minimum Gasteiger partial charge on any atom is -0.401 e. The summed E-state index contributed by atoms with van der Waals surface area (Å²) in [6, 6.07) is 8.41. The summed E-state index contributed by atoms with van der Waals surface area (Å²) in [6.45, 7) is 3.63. The maximum Gasteiger partial charge on any atom is 0.433 e. The highest BCUT2D eigenvalue weighted by Gasteiger charge is 2.50. The van der Waals surface area contributed by atoms with Crippen molar-refractivity contribution < 1.29 is 19.3 Å². The minimum atomic E-state index is -0.909. The van der Waals surface area contributed by atoms with Gasteiger partial charge in [0.05, 0.1) is 10.8 Å². The fraction of sp³-hybridized carbons (Fsp3) is 0.211. The van der Waals surface area contributed by atoms with Crippen molar-refractivity contribution in [1.82, 2.24) is 10.1 Å². The van der Waals surface area contributed by atoms with Crippen molar-refractivity contribution in [2.75, 3.05) is 5.32 Å². The number of amides is 2. The zero-order chi connectivity index (χ0) is 23.5. The van der Waals surface area contributed by atoms with Crippen molar-refractivity contribution in [3.05, 3.63) is 63.4 Å². The second-order valence-corrected chi connectivity index (χ2v) is 9.76. The summed E-state index contributed by atoms with van der Waals surface area (Å²) >= 11 is 12.6. The average Bonchev–Trinajstić information content (AvgIpc) is 3.26. The Morgan fingerprint density at radius 2 is 2.22 bits per heavy atom. The molecule has 0 radical (unpaired) electrons. The van der Waals surface area contributed by atoms with E-state index in [-0.39, 0.29) is 11.6 Å². The molecule has 10 nitrogen and oxygen atoms in total. The van der Waals surface area contributed by atoms with E-state index < -0.39 is 21.9 Å². The van der Waals surface area contributed by atoms with E-state index in [0.717, 1.165) is 0 Å². The van der Waals surface area contributed by atoms with E-state index in [1.807, 2.05) is 13.8 Å². The Labute approximate surface area is 197 Å². The molecule has 168 valence electrons. The zero-order valence-electron chi connectivity index (χ0n) is 16.8. The minimum absolute atomic E-state index is 0.267. The van der Waals surface area contributed by atoms with Crippen LogP contribution in [-0.2, 0) is 0 Å². The molecule has 2 aromatic rings. The number of rotatable bonds is 6. The Hall–Kier alpha value is -2.93. The number of hydrogen-bond acceptors (Lipinski definition) is 8. The number of thioether (sulfide) groups is 1. The Morgan fingerprint density at radius 3 is 2.88 bits per heavy atom. The summed E-state index contributed by atoms with van der Waals surface area (Å²) in [5, 5.41) is 30.5. The largest absolute Gasteiger partial charge is 0.433 e. The molecule has 0 aliphatic carbocycles. The zero-order valence-corrected chi connectivity index (χ0v) is 19.2. The maximum absolute atomic E-state index is 12.6. The highest BCUT2D eigenvalue weighted by Crippen LogP contribution is 2.42. The van der Waals surface area contributed by atoms with E-state index >= 15 is 0 Å². The van der Waals surface area contributed by atoms with Crippen molar-refractivity contribution in [2.45, 2.75) is 24.8 Å². The van der Waals surface area contributed by atoms with Gasteiger partial charge in [-0.25, -0.2) is 9.80 Å². The quantitative estimate of drug-likeness (QED) is 0.184. The fourth-order valence-electron chi connectivity index (χ4n) is 2.86. The number of furan rings is 1. The van der Waals surface area contributed by atoms with Gasteiger partial charge in [0.2, 0.25) is 0 Å². The van der Waals surface area contributed by atoms with Gasteiger partial charge in [-0.15, -0.1) is 0 Å². The Balaban J connectivity index is 1.74. The van der Waals surface area contributed by atoms with Crippen LogP contribution >= 0.6 is 35.6 Å². The number of urea groups is 1. The molecule has 1 aromatic carbocycles. The third-order valence-electron chi connectivity index (χ3n) is 4.24. The number of thiocarbonyl (C=S) groups is 1. The summed E-state index contributed by atoms with van der Waals surface area (Å²) in [5.41, 5.74) is 0.415. The lowest BCUT2D eigenvalue weighted by Gasteiger charge is -2.34. The third kappa shape index (κ3) is 5.46. The number of nitro groups is 1. The summed E-state index contributed by atoms with van der Waals surface area (Å²) in [6.07, 6.45) is 3.43. The van der Waals surface area contributed by atoms with E-state index in [2.05, 4.69) is 10.4 Å². The predicted octanol–water partition coefficient (Wildman–Crippen LogP) is 5.20. The molecule has 1 atom stereocenters. The molecule has 2 amide bonds. The molecule has 1 unspecified atom stereocenters. The van der Waals surface area contributed by atoms with Gasteiger partial charge in [-0.1, -0.05) is 41.6 Å². The number of nitrogens with zero attached hydrogens (tertiary/aromatic N) is 4. The molecule has 0 bridgehead atoms. The van der Waals surface area contributed by atoms with Gasteiger partial charge in [0, 0.05) is 16.9 Å². The number of carbonyl (C=O) groups excluding carboxylic acids is 1. The number of hydroxylamine groups is 2. The first kappa shape index (κ1) is 23.7. The first-order chi connectivity index (χ1) is 15.1. The van der Waals surface area contributed by atoms with Gasteiger partial charge in [-0.05, 0) is 50.3 Å². The number of allylic oxidation sites excluding steroid dienone is 1. The number of hydrogen-bond donors (Lipinski definition) is 2. The van der Waals surface area contributed by atoms with Crippen LogP contribution in [-0.4, -0.2) is 47.7 Å². The van der Waals surface area contributed by atoms with Gasteiger partial charge >= 0.3 is 11.9 Å². The van der Waals surface area contributed by atoms with E-state index in [1.54, 1.807) is 24.3 Å². The van der Waals surface area contributed by atoms with Crippen LogP contribution in [0.1, 0.15) is 19.6 Å². The van der Waals surface area contributed by atoms with E-state index in [9.17, 15) is 20.1 Å². The third-order valence-corrected chi connectivity index (χ3v) is 6.01. The molecule has 1 fully saturated rings. The van der Waals surface area contributed by atoms with Crippen LogP contribution in [0.4, 0.5) is 16.4 Å². The molecular weight excluding hydrogens is 478 g/mol. The van der Waals surface area contributed by atoms with Gasteiger partial charge in [0.1, 0.15) is 10.7 Å². The highest BCUT2D eigenvalue weighted by molar-refractivity contribution is 8.24. The fourth-order valence-corrected chi connectivity index (χ4v) is 4.84. The lowest BCUT2D eigenvalue weighted by Crippen LogP contribution is -2.54. The molecule has 1 aromatic heterocycles. The number of benzene rings is 1. The van der Waals surface area contributed by atoms with Crippen LogP contribution in [0.3, 0.4) is 0 Å². The Kier molecular flexibility index (Phi) is 7.19. The second-order valence-electron chi connectivity index (χ2n) is 7.03. The first-order valence-corrected chi connectivity index (χ1v) is 10.7. The second kappa shape index (κ2) is 9.69. The molecule has 3 rings (SSSR count). The lowest BCUT2D eigenvalue weighted by atomic mass is 10.1. The van der Waals surface area contributed by atoms with E-state index in [4.69, 9.17) is 28.2 Å². The molecule has 1 aliphatic rings. The predicted molar refractivity (Wildman–Crippen MR) is 127 cm³/mol. The van der Waals surface area contributed by atoms with Crippen LogP contribution in [0.25, 0.3) is 6.08 Å². The molecule has 0 spiro atoms. The van der Waals surface area contributed by atoms with Crippen molar-refractivity contribution in [1.29, 1.82) is 0 Å². The molecule has 13 heteroatoms. The van der Waals surface area contributed by atoms with E-state index in [1.165, 1.54) is 47.3 Å². The number of anilines is 1. The van der Waals surface area contributed by atoms with Crippen molar-refractivity contribution >= 4 is 69.8 Å². The van der Waals surface area contributed by atoms with Crippen LogP contribution in [0.5, 0.6) is 0 Å². The molecule has 2 N–H and O–H groups in total.